The number of aromatic hydroxyl groups is 2. The zero-order valence-corrected chi connectivity index (χ0v) is 15.4. The van der Waals surface area contributed by atoms with Gasteiger partial charge in [0.2, 0.25) is 0 Å². The van der Waals surface area contributed by atoms with Crippen LogP contribution in [0.25, 0.3) is 0 Å². The van der Waals surface area contributed by atoms with Gasteiger partial charge in [-0.3, -0.25) is 0 Å². The highest BCUT2D eigenvalue weighted by Gasteiger charge is 2.26. The molecule has 0 aliphatic carbocycles. The highest BCUT2D eigenvalue weighted by molar-refractivity contribution is 5.30. The number of carbonyl (C=O) groups is 1. The van der Waals surface area contributed by atoms with Gasteiger partial charge in [-0.15, -0.1) is 0 Å². The van der Waals surface area contributed by atoms with Crippen molar-refractivity contribution in [2.24, 2.45) is 5.41 Å². The average Bonchev–Trinajstić information content (AvgIpc) is 2.49. The van der Waals surface area contributed by atoms with E-state index in [4.69, 9.17) is 9.90 Å². The molecule has 2 aromatic carbocycles. The van der Waals surface area contributed by atoms with Crippen LogP contribution in [0, 0.1) is 5.41 Å². The minimum atomic E-state index is 0.159. The summed E-state index contributed by atoms with van der Waals surface area (Å²) in [6, 6.07) is 16.3. The number of rotatable bonds is 2. The molecular weight excluding hydrogens is 300 g/mol. The van der Waals surface area contributed by atoms with Crippen LogP contribution in [0.15, 0.2) is 54.6 Å². The third-order valence-corrected chi connectivity index (χ3v) is 3.38. The largest absolute Gasteiger partial charge is 0.508 e. The fourth-order valence-corrected chi connectivity index (χ4v) is 2.77. The lowest BCUT2D eigenvalue weighted by molar-refractivity contribution is -0.0979. The molecule has 0 aromatic heterocycles. The first kappa shape index (κ1) is 21.7. The fraction of sp³-hybridized carbons (Fsp3) is 0.381. The average molecular weight is 330 g/mol. The van der Waals surface area contributed by atoms with E-state index in [1.54, 1.807) is 36.4 Å². The van der Waals surface area contributed by atoms with E-state index in [9.17, 15) is 5.11 Å². The number of carbonyl (C=O) groups excluding carboxylic acids is 1. The van der Waals surface area contributed by atoms with Crippen LogP contribution >= 0.6 is 0 Å². The Balaban J connectivity index is 0.000000488. The van der Waals surface area contributed by atoms with Crippen molar-refractivity contribution in [1.29, 1.82) is 0 Å². The first-order valence-corrected chi connectivity index (χ1v) is 7.93. The van der Waals surface area contributed by atoms with Crippen LogP contribution in [-0.4, -0.2) is 17.0 Å². The number of phenols is 2. The molecule has 3 nitrogen and oxygen atoms in total. The Hall–Kier alpha value is -2.29. The quantitative estimate of drug-likeness (QED) is 0.784. The van der Waals surface area contributed by atoms with Crippen LogP contribution in [0.3, 0.4) is 0 Å². The standard InChI is InChI=1S/C14H22O.C6H6O.CH2O/c1-13(2,3)10-14(4,5)11-6-8-12(15)9-7-11;7-6-4-2-1-3-5-6;1-2/h6-9,15H,10H2,1-5H3;1-5,7H;1H2. The summed E-state index contributed by atoms with van der Waals surface area (Å²) in [5.74, 6) is 0.660. The topological polar surface area (TPSA) is 57.5 Å². The summed E-state index contributed by atoms with van der Waals surface area (Å²) in [6.07, 6.45) is 1.13. The van der Waals surface area contributed by atoms with E-state index in [0.717, 1.165) is 6.42 Å². The predicted octanol–water partition coefficient (Wildman–Crippen LogP) is 5.31. The van der Waals surface area contributed by atoms with E-state index in [0.29, 0.717) is 16.9 Å². The Bertz CT molecular complexity index is 566. The lowest BCUT2D eigenvalue weighted by Crippen LogP contribution is -2.24. The van der Waals surface area contributed by atoms with Gasteiger partial charge in [0, 0.05) is 0 Å². The zero-order valence-electron chi connectivity index (χ0n) is 15.4. The minimum Gasteiger partial charge on any atom is -0.508 e. The smallest absolute Gasteiger partial charge is 0.115 e. The summed E-state index contributed by atoms with van der Waals surface area (Å²) in [7, 11) is 0. The first-order chi connectivity index (χ1) is 11.1. The third-order valence-electron chi connectivity index (χ3n) is 3.38. The summed E-state index contributed by atoms with van der Waals surface area (Å²) in [6.45, 7) is 13.3. The van der Waals surface area contributed by atoms with Crippen LogP contribution < -0.4 is 0 Å². The molecule has 2 aromatic rings. The van der Waals surface area contributed by atoms with Crippen molar-refractivity contribution in [3.63, 3.8) is 0 Å². The van der Waals surface area contributed by atoms with E-state index < -0.39 is 0 Å². The number of benzene rings is 2. The van der Waals surface area contributed by atoms with E-state index in [1.165, 1.54) is 5.56 Å². The Morgan fingerprint density at radius 3 is 1.50 bits per heavy atom. The molecule has 0 unspecified atom stereocenters. The molecule has 0 heterocycles. The van der Waals surface area contributed by atoms with Crippen LogP contribution in [-0.2, 0) is 10.2 Å². The van der Waals surface area contributed by atoms with E-state index in [2.05, 4.69) is 34.6 Å². The molecule has 132 valence electrons. The maximum atomic E-state index is 9.25. The van der Waals surface area contributed by atoms with Crippen molar-refractivity contribution in [3.05, 3.63) is 60.2 Å². The van der Waals surface area contributed by atoms with Crippen LogP contribution in [0.1, 0.15) is 46.6 Å². The molecule has 0 radical (unpaired) electrons. The van der Waals surface area contributed by atoms with Gasteiger partial charge in [-0.25, -0.2) is 0 Å². The summed E-state index contributed by atoms with van der Waals surface area (Å²) in [4.78, 5) is 8.00. The number of hydrogen-bond acceptors (Lipinski definition) is 3. The van der Waals surface area contributed by atoms with Gasteiger partial charge in [0.25, 0.3) is 0 Å². The van der Waals surface area contributed by atoms with E-state index >= 15 is 0 Å². The second-order valence-electron chi connectivity index (χ2n) is 7.50. The van der Waals surface area contributed by atoms with Gasteiger partial charge in [-0.05, 0) is 47.1 Å². The first-order valence-electron chi connectivity index (χ1n) is 7.93. The number of para-hydroxylation sites is 1. The Morgan fingerprint density at radius 1 is 0.750 bits per heavy atom. The summed E-state index contributed by atoms with van der Waals surface area (Å²) in [5.41, 5.74) is 1.77. The maximum Gasteiger partial charge on any atom is 0.115 e. The number of hydrogen-bond donors (Lipinski definition) is 2. The van der Waals surface area contributed by atoms with Gasteiger partial charge in [0.1, 0.15) is 18.3 Å². The second kappa shape index (κ2) is 9.76. The van der Waals surface area contributed by atoms with Crippen molar-refractivity contribution < 1.29 is 15.0 Å². The van der Waals surface area contributed by atoms with E-state index in [1.807, 2.05) is 25.0 Å². The van der Waals surface area contributed by atoms with Crippen LogP contribution in [0.4, 0.5) is 0 Å². The summed E-state index contributed by atoms with van der Waals surface area (Å²) >= 11 is 0. The lowest BCUT2D eigenvalue weighted by atomic mass is 9.72. The molecule has 2 N–H and O–H groups in total. The highest BCUT2D eigenvalue weighted by atomic mass is 16.3. The SMILES string of the molecule is C=O.CC(C)(C)CC(C)(C)c1ccc(O)cc1.Oc1ccccc1. The minimum absolute atomic E-state index is 0.159. The molecule has 0 saturated heterocycles. The summed E-state index contributed by atoms with van der Waals surface area (Å²) < 4.78 is 0. The van der Waals surface area contributed by atoms with E-state index in [-0.39, 0.29) is 5.41 Å². The van der Waals surface area contributed by atoms with Gasteiger partial charge >= 0.3 is 0 Å². The Labute approximate surface area is 146 Å². The van der Waals surface area contributed by atoms with Crippen molar-refractivity contribution >= 4 is 6.79 Å². The Kier molecular flexibility index (Phi) is 8.83. The van der Waals surface area contributed by atoms with Crippen LogP contribution in [0.5, 0.6) is 11.5 Å². The van der Waals surface area contributed by atoms with Gasteiger partial charge in [-0.2, -0.15) is 0 Å². The second-order valence-corrected chi connectivity index (χ2v) is 7.50. The van der Waals surface area contributed by atoms with Gasteiger partial charge < -0.3 is 15.0 Å². The monoisotopic (exact) mass is 330 g/mol. The van der Waals surface area contributed by atoms with Crippen LogP contribution in [0.2, 0.25) is 0 Å². The van der Waals surface area contributed by atoms with Crippen molar-refractivity contribution in [2.75, 3.05) is 0 Å². The van der Waals surface area contributed by atoms with Gasteiger partial charge in [0.05, 0.1) is 0 Å². The molecular formula is C21H30O3. The molecule has 2 rings (SSSR count). The molecule has 0 aliphatic heterocycles. The third kappa shape index (κ3) is 8.99. The molecule has 0 spiro atoms. The lowest BCUT2D eigenvalue weighted by Gasteiger charge is -2.33. The zero-order chi connectivity index (χ0) is 18.8. The highest BCUT2D eigenvalue weighted by Crippen LogP contribution is 2.36. The molecule has 0 amide bonds. The molecule has 0 fully saturated rings. The molecule has 3 heteroatoms. The molecule has 0 bridgehead atoms. The predicted molar refractivity (Wildman–Crippen MR) is 100 cm³/mol. The fourth-order valence-electron chi connectivity index (χ4n) is 2.77. The molecule has 0 aliphatic rings. The van der Waals surface area contributed by atoms with Crippen molar-refractivity contribution in [3.8, 4) is 11.5 Å². The van der Waals surface area contributed by atoms with Crippen molar-refractivity contribution in [1.82, 2.24) is 0 Å². The molecule has 0 saturated carbocycles. The van der Waals surface area contributed by atoms with Crippen molar-refractivity contribution in [2.45, 2.75) is 46.5 Å². The molecule has 0 atom stereocenters. The molecule has 24 heavy (non-hydrogen) atoms. The normalized spacial score (nSPS) is 10.7. The van der Waals surface area contributed by atoms with Gasteiger partial charge in [-0.1, -0.05) is 65.0 Å². The maximum absolute atomic E-state index is 9.25. The summed E-state index contributed by atoms with van der Waals surface area (Å²) in [5, 5.41) is 17.9. The Morgan fingerprint density at radius 2 is 1.17 bits per heavy atom. The van der Waals surface area contributed by atoms with Gasteiger partial charge in [0.15, 0.2) is 0 Å². The number of phenolic OH excluding ortho intramolecular Hbond substituents is 2.